The molecule has 1 aromatic rings. The number of nitrogens with zero attached hydrogens (tertiary/aromatic N) is 1. The third-order valence-electron chi connectivity index (χ3n) is 3.25. The van der Waals surface area contributed by atoms with Crippen LogP contribution in [-0.2, 0) is 16.8 Å². The summed E-state index contributed by atoms with van der Waals surface area (Å²) in [4.78, 5) is 2.07. The van der Waals surface area contributed by atoms with Gasteiger partial charge in [0.25, 0.3) is 10.2 Å². The van der Waals surface area contributed by atoms with Gasteiger partial charge < -0.3 is 0 Å². The number of hydrogen-bond acceptors (Lipinski definition) is 3. The number of halogens is 2. The first-order valence-corrected chi connectivity index (χ1v) is 8.22. The highest BCUT2D eigenvalue weighted by molar-refractivity contribution is 7.87. The van der Waals surface area contributed by atoms with E-state index in [4.69, 9.17) is 16.7 Å². The van der Waals surface area contributed by atoms with Gasteiger partial charge in [-0.1, -0.05) is 17.7 Å². The van der Waals surface area contributed by atoms with E-state index in [1.165, 1.54) is 12.1 Å². The highest BCUT2D eigenvalue weighted by atomic mass is 35.5. The van der Waals surface area contributed by atoms with Gasteiger partial charge in [-0.15, -0.1) is 0 Å². The summed E-state index contributed by atoms with van der Waals surface area (Å²) in [6.07, 6.45) is 1.62. The zero-order chi connectivity index (χ0) is 14.8. The Balaban J connectivity index is 1.99. The predicted octanol–water partition coefficient (Wildman–Crippen LogP) is 1.24. The summed E-state index contributed by atoms with van der Waals surface area (Å²) in [7, 11) is -3.69. The Morgan fingerprint density at radius 3 is 2.90 bits per heavy atom. The lowest BCUT2D eigenvalue weighted by molar-refractivity contribution is 0.194. The van der Waals surface area contributed by atoms with E-state index in [0.29, 0.717) is 18.1 Å². The van der Waals surface area contributed by atoms with Gasteiger partial charge in [0.2, 0.25) is 0 Å². The number of nitrogens with two attached hydrogens (primary N) is 1. The molecule has 1 aliphatic rings. The summed E-state index contributed by atoms with van der Waals surface area (Å²) < 4.78 is 37.5. The van der Waals surface area contributed by atoms with E-state index in [0.717, 1.165) is 24.9 Å². The molecule has 0 spiro atoms. The number of nitrogens with one attached hydrogen (secondary N) is 1. The molecule has 0 unspecified atom stereocenters. The van der Waals surface area contributed by atoms with Gasteiger partial charge in [0.15, 0.2) is 0 Å². The van der Waals surface area contributed by atoms with Gasteiger partial charge in [0, 0.05) is 24.2 Å². The van der Waals surface area contributed by atoms with Gasteiger partial charge in [-0.05, 0) is 37.1 Å². The topological polar surface area (TPSA) is 75.4 Å². The van der Waals surface area contributed by atoms with E-state index in [1.54, 1.807) is 6.07 Å². The van der Waals surface area contributed by atoms with E-state index < -0.39 is 10.2 Å². The van der Waals surface area contributed by atoms with Gasteiger partial charge in [-0.25, -0.2) is 9.53 Å². The quantitative estimate of drug-likeness (QED) is 0.876. The van der Waals surface area contributed by atoms with Crippen molar-refractivity contribution in [1.29, 1.82) is 0 Å². The fourth-order valence-electron chi connectivity index (χ4n) is 2.42. The fourth-order valence-corrected chi connectivity index (χ4v) is 3.30. The Labute approximate surface area is 123 Å². The molecule has 0 aliphatic carbocycles. The Morgan fingerprint density at radius 2 is 2.25 bits per heavy atom. The van der Waals surface area contributed by atoms with E-state index in [9.17, 15) is 12.8 Å². The van der Waals surface area contributed by atoms with Crippen LogP contribution in [0.25, 0.3) is 0 Å². The van der Waals surface area contributed by atoms with Crippen molar-refractivity contribution in [2.75, 3.05) is 13.1 Å². The van der Waals surface area contributed by atoms with Gasteiger partial charge in [-0.3, -0.25) is 4.90 Å². The average molecular weight is 322 g/mol. The van der Waals surface area contributed by atoms with Crippen LogP contribution in [-0.4, -0.2) is 32.4 Å². The minimum Gasteiger partial charge on any atom is -0.297 e. The first kappa shape index (κ1) is 15.7. The van der Waals surface area contributed by atoms with Gasteiger partial charge >= 0.3 is 0 Å². The zero-order valence-corrected chi connectivity index (χ0v) is 12.4. The van der Waals surface area contributed by atoms with E-state index >= 15 is 0 Å². The highest BCUT2D eigenvalue weighted by Gasteiger charge is 2.23. The molecule has 5 nitrogen and oxygen atoms in total. The van der Waals surface area contributed by atoms with Gasteiger partial charge in [0.05, 0.1) is 0 Å². The van der Waals surface area contributed by atoms with Crippen LogP contribution >= 0.6 is 11.6 Å². The number of hydrogen-bond donors (Lipinski definition) is 2. The maximum Gasteiger partial charge on any atom is 0.274 e. The summed E-state index contributed by atoms with van der Waals surface area (Å²) in [6, 6.07) is 4.10. The predicted molar refractivity (Wildman–Crippen MR) is 76.0 cm³/mol. The molecule has 1 aliphatic heterocycles. The van der Waals surface area contributed by atoms with Gasteiger partial charge in [-0.2, -0.15) is 13.1 Å². The van der Waals surface area contributed by atoms with Crippen molar-refractivity contribution in [1.82, 2.24) is 9.62 Å². The smallest absolute Gasteiger partial charge is 0.274 e. The summed E-state index contributed by atoms with van der Waals surface area (Å²) in [5, 5.41) is 5.37. The molecular formula is C12H17ClFN3O2S. The second-order valence-electron chi connectivity index (χ2n) is 4.97. The second kappa shape index (κ2) is 6.36. The molecule has 0 aromatic heterocycles. The van der Waals surface area contributed by atoms with Crippen LogP contribution < -0.4 is 9.86 Å². The number of likely N-dealkylation sites (tertiary alicyclic amines) is 1. The molecule has 1 aromatic carbocycles. The first-order chi connectivity index (χ1) is 9.33. The molecule has 3 N–H and O–H groups in total. The SMILES string of the molecule is NS(=O)(=O)N[C@@H]1CCCN(Cc2ccc(F)cc2Cl)C1. The molecule has 1 heterocycles. The molecule has 1 fully saturated rings. The van der Waals surface area contributed by atoms with Crippen LogP contribution in [0.15, 0.2) is 18.2 Å². The third kappa shape index (κ3) is 4.68. The Morgan fingerprint density at radius 1 is 1.50 bits per heavy atom. The van der Waals surface area contributed by atoms with Crippen LogP contribution in [0.4, 0.5) is 4.39 Å². The van der Waals surface area contributed by atoms with Crippen molar-refractivity contribution >= 4 is 21.8 Å². The molecule has 2 rings (SSSR count). The normalized spacial score (nSPS) is 21.1. The molecule has 20 heavy (non-hydrogen) atoms. The molecular weight excluding hydrogens is 305 g/mol. The molecule has 0 saturated carbocycles. The number of rotatable bonds is 4. The van der Waals surface area contributed by atoms with Crippen LogP contribution in [0.5, 0.6) is 0 Å². The average Bonchev–Trinajstić information content (AvgIpc) is 2.31. The molecule has 112 valence electrons. The van der Waals surface area contributed by atoms with Crippen molar-refractivity contribution in [2.24, 2.45) is 5.14 Å². The zero-order valence-electron chi connectivity index (χ0n) is 10.9. The summed E-state index contributed by atoms with van der Waals surface area (Å²) >= 11 is 5.99. The van der Waals surface area contributed by atoms with Crippen molar-refractivity contribution < 1.29 is 12.8 Å². The maximum absolute atomic E-state index is 13.0. The third-order valence-corrected chi connectivity index (χ3v) is 4.26. The minimum atomic E-state index is -3.69. The Kier molecular flexibility index (Phi) is 4.98. The molecule has 8 heteroatoms. The molecule has 1 atom stereocenters. The van der Waals surface area contributed by atoms with Crippen molar-refractivity contribution in [2.45, 2.75) is 25.4 Å². The Bertz CT molecular complexity index is 582. The van der Waals surface area contributed by atoms with Crippen LogP contribution in [0, 0.1) is 5.82 Å². The minimum absolute atomic E-state index is 0.196. The van der Waals surface area contributed by atoms with Crippen molar-refractivity contribution in [3.8, 4) is 0 Å². The number of piperidine rings is 1. The summed E-state index contributed by atoms with van der Waals surface area (Å²) in [6.45, 7) is 1.96. The fraction of sp³-hybridized carbons (Fsp3) is 0.500. The monoisotopic (exact) mass is 321 g/mol. The first-order valence-electron chi connectivity index (χ1n) is 6.30. The lowest BCUT2D eigenvalue weighted by atomic mass is 10.1. The highest BCUT2D eigenvalue weighted by Crippen LogP contribution is 2.21. The molecule has 0 radical (unpaired) electrons. The molecule has 1 saturated heterocycles. The largest absolute Gasteiger partial charge is 0.297 e. The van der Waals surface area contributed by atoms with Crippen molar-refractivity contribution in [3.05, 3.63) is 34.6 Å². The second-order valence-corrected chi connectivity index (χ2v) is 6.71. The van der Waals surface area contributed by atoms with E-state index in [-0.39, 0.29) is 11.9 Å². The lowest BCUT2D eigenvalue weighted by Gasteiger charge is -2.32. The van der Waals surface area contributed by atoms with Gasteiger partial charge in [0.1, 0.15) is 5.82 Å². The van der Waals surface area contributed by atoms with Crippen LogP contribution in [0.1, 0.15) is 18.4 Å². The Hall–Kier alpha value is -0.730. The maximum atomic E-state index is 13.0. The standard InChI is InChI=1S/C12H17ClFN3O2S/c13-12-6-10(14)4-3-9(12)7-17-5-1-2-11(8-17)16-20(15,18)19/h3-4,6,11,16H,1-2,5,7-8H2,(H2,15,18,19)/t11-/m1/s1. The summed E-state index contributed by atoms with van der Waals surface area (Å²) in [5.41, 5.74) is 0.823. The summed E-state index contributed by atoms with van der Waals surface area (Å²) in [5.74, 6) is -0.369. The van der Waals surface area contributed by atoms with Crippen LogP contribution in [0.2, 0.25) is 5.02 Å². The lowest BCUT2D eigenvalue weighted by Crippen LogP contribution is -2.49. The molecule has 0 bridgehead atoms. The number of benzene rings is 1. The molecule has 0 amide bonds. The van der Waals surface area contributed by atoms with E-state index in [1.807, 2.05) is 0 Å². The van der Waals surface area contributed by atoms with E-state index in [2.05, 4.69) is 9.62 Å². The van der Waals surface area contributed by atoms with Crippen molar-refractivity contribution in [3.63, 3.8) is 0 Å². The van der Waals surface area contributed by atoms with Crippen LogP contribution in [0.3, 0.4) is 0 Å².